The van der Waals surface area contributed by atoms with Gasteiger partial charge in [-0.1, -0.05) is 59.8 Å². The Hall–Kier alpha value is -3.46. The van der Waals surface area contributed by atoms with Gasteiger partial charge in [0, 0.05) is 40.0 Å². The smallest absolute Gasteiger partial charge is 0.234 e. The van der Waals surface area contributed by atoms with E-state index in [2.05, 4.69) is 10.3 Å². The Labute approximate surface area is 211 Å². The van der Waals surface area contributed by atoms with Crippen LogP contribution in [0.5, 0.6) is 11.6 Å². The highest BCUT2D eigenvalue weighted by Crippen LogP contribution is 2.42. The molecule has 0 atom stereocenters. The number of aliphatic hydroxyl groups excluding tert-OH is 1. The maximum absolute atomic E-state index is 12.7. The van der Waals surface area contributed by atoms with E-state index in [1.807, 2.05) is 37.3 Å². The van der Waals surface area contributed by atoms with E-state index in [4.69, 9.17) is 26.3 Å². The highest BCUT2D eigenvalue weighted by Gasteiger charge is 2.28. The lowest BCUT2D eigenvalue weighted by Gasteiger charge is -2.24. The van der Waals surface area contributed by atoms with Crippen molar-refractivity contribution in [3.05, 3.63) is 88.2 Å². The van der Waals surface area contributed by atoms with E-state index in [-0.39, 0.29) is 18.3 Å². The lowest BCUT2D eigenvalue weighted by molar-refractivity contribution is -0.113. The first-order chi connectivity index (χ1) is 17.0. The third-order valence-electron chi connectivity index (χ3n) is 5.54. The number of fused-ring (bicyclic) bond motifs is 2. The lowest BCUT2D eigenvalue weighted by Crippen LogP contribution is -2.16. The van der Waals surface area contributed by atoms with E-state index in [9.17, 15) is 9.90 Å². The van der Waals surface area contributed by atoms with E-state index >= 15 is 0 Å². The molecule has 0 aliphatic carbocycles. The van der Waals surface area contributed by atoms with Crippen LogP contribution in [-0.4, -0.2) is 31.7 Å². The number of anilines is 1. The SMILES string of the molecule is Cc1ncc(CO)c2c1Oc1nc(-c3ccccc3)nc(SCC(=O)Nc3cccc(Cl)c3)c1C2. The average Bonchev–Trinajstić information content (AvgIpc) is 2.87. The van der Waals surface area contributed by atoms with Gasteiger partial charge in [-0.3, -0.25) is 9.78 Å². The third kappa shape index (κ3) is 5.00. The standard InChI is InChI=1S/C26H21ClN4O3S/c1-15-23-20(17(13-32)12-28-15)11-21-25(34-23)30-24(16-6-3-2-4-7-16)31-26(21)35-14-22(33)29-19-9-5-8-18(27)10-19/h2-10,12,32H,11,13-14H2,1H3,(H,29,33). The number of hydrogen-bond acceptors (Lipinski definition) is 7. The van der Waals surface area contributed by atoms with Crippen LogP contribution < -0.4 is 10.1 Å². The Morgan fingerprint density at radius 2 is 1.97 bits per heavy atom. The van der Waals surface area contributed by atoms with Crippen LogP contribution in [0.15, 0.2) is 65.8 Å². The van der Waals surface area contributed by atoms with Gasteiger partial charge in [-0.25, -0.2) is 4.98 Å². The number of carbonyl (C=O) groups excluding carboxylic acids is 1. The number of benzene rings is 2. The van der Waals surface area contributed by atoms with Crippen LogP contribution in [0.2, 0.25) is 5.02 Å². The minimum Gasteiger partial charge on any atom is -0.436 e. The number of amides is 1. The van der Waals surface area contributed by atoms with Gasteiger partial charge in [0.1, 0.15) is 5.03 Å². The molecule has 0 saturated carbocycles. The largest absolute Gasteiger partial charge is 0.436 e. The number of aliphatic hydroxyl groups is 1. The predicted octanol–water partition coefficient (Wildman–Crippen LogP) is 5.42. The summed E-state index contributed by atoms with van der Waals surface area (Å²) in [5, 5.41) is 13.9. The molecular weight excluding hydrogens is 484 g/mol. The Balaban J connectivity index is 1.48. The fraction of sp³-hybridized carbons (Fsp3) is 0.154. The van der Waals surface area contributed by atoms with Gasteiger partial charge in [-0.2, -0.15) is 4.98 Å². The first-order valence-electron chi connectivity index (χ1n) is 10.9. The molecule has 0 spiro atoms. The van der Waals surface area contributed by atoms with Gasteiger partial charge in [0.2, 0.25) is 11.8 Å². The van der Waals surface area contributed by atoms with E-state index in [0.717, 1.165) is 22.4 Å². The molecule has 1 aliphatic rings. The fourth-order valence-electron chi connectivity index (χ4n) is 3.83. The topological polar surface area (TPSA) is 97.2 Å². The molecule has 2 aromatic heterocycles. The molecule has 1 amide bonds. The normalized spacial score (nSPS) is 11.9. The molecule has 176 valence electrons. The number of aryl methyl sites for hydroxylation is 1. The second-order valence-corrected chi connectivity index (χ2v) is 9.36. The Bertz CT molecular complexity index is 1420. The minimum absolute atomic E-state index is 0.138. The number of nitrogens with zero attached hydrogens (tertiary/aromatic N) is 3. The number of thioether (sulfide) groups is 1. The van der Waals surface area contributed by atoms with Gasteiger partial charge < -0.3 is 15.2 Å². The number of pyridine rings is 1. The molecule has 1 aliphatic heterocycles. The van der Waals surface area contributed by atoms with Gasteiger partial charge in [-0.05, 0) is 25.1 Å². The van der Waals surface area contributed by atoms with Crippen molar-refractivity contribution in [3.8, 4) is 23.0 Å². The predicted molar refractivity (Wildman–Crippen MR) is 136 cm³/mol. The first-order valence-corrected chi connectivity index (χ1v) is 12.3. The van der Waals surface area contributed by atoms with Crippen LogP contribution >= 0.6 is 23.4 Å². The van der Waals surface area contributed by atoms with Gasteiger partial charge in [0.05, 0.1) is 23.6 Å². The van der Waals surface area contributed by atoms with Gasteiger partial charge in [-0.15, -0.1) is 0 Å². The quantitative estimate of drug-likeness (QED) is 0.235. The molecule has 0 unspecified atom stereocenters. The molecule has 2 aromatic carbocycles. The molecule has 5 rings (SSSR count). The summed E-state index contributed by atoms with van der Waals surface area (Å²) in [6.07, 6.45) is 2.13. The van der Waals surface area contributed by atoms with Crippen molar-refractivity contribution >= 4 is 35.0 Å². The van der Waals surface area contributed by atoms with E-state index in [1.54, 1.807) is 30.5 Å². The zero-order valence-electron chi connectivity index (χ0n) is 18.8. The molecule has 0 bridgehead atoms. The van der Waals surface area contributed by atoms with Crippen LogP contribution in [0.25, 0.3) is 11.4 Å². The second-order valence-electron chi connectivity index (χ2n) is 7.96. The zero-order valence-corrected chi connectivity index (χ0v) is 20.4. The Kier molecular flexibility index (Phi) is 6.68. The monoisotopic (exact) mass is 504 g/mol. The second kappa shape index (κ2) is 10.0. The molecule has 9 heteroatoms. The highest BCUT2D eigenvalue weighted by atomic mass is 35.5. The van der Waals surface area contributed by atoms with E-state index in [0.29, 0.717) is 45.2 Å². The van der Waals surface area contributed by atoms with Gasteiger partial charge >= 0.3 is 0 Å². The van der Waals surface area contributed by atoms with Crippen molar-refractivity contribution in [1.82, 2.24) is 15.0 Å². The lowest BCUT2D eigenvalue weighted by atomic mass is 9.99. The molecule has 2 N–H and O–H groups in total. The van der Waals surface area contributed by atoms with Crippen LogP contribution in [0.1, 0.15) is 22.4 Å². The minimum atomic E-state index is -0.181. The van der Waals surface area contributed by atoms with Crippen molar-refractivity contribution in [1.29, 1.82) is 0 Å². The number of halogens is 1. The number of nitrogens with one attached hydrogen (secondary N) is 1. The van der Waals surface area contributed by atoms with Crippen LogP contribution in [-0.2, 0) is 17.8 Å². The first kappa shape index (κ1) is 23.3. The van der Waals surface area contributed by atoms with Crippen molar-refractivity contribution < 1.29 is 14.6 Å². The highest BCUT2D eigenvalue weighted by molar-refractivity contribution is 8.00. The number of hydrogen-bond donors (Lipinski definition) is 2. The molecular formula is C26H21ClN4O3S. The molecule has 4 aromatic rings. The fourth-order valence-corrected chi connectivity index (χ4v) is 4.84. The molecule has 35 heavy (non-hydrogen) atoms. The summed E-state index contributed by atoms with van der Waals surface area (Å²) in [5.74, 6) is 1.51. The zero-order chi connectivity index (χ0) is 24.4. The molecule has 3 heterocycles. The third-order valence-corrected chi connectivity index (χ3v) is 6.79. The molecule has 0 fully saturated rings. The summed E-state index contributed by atoms with van der Waals surface area (Å²) in [5.41, 5.74) is 4.52. The van der Waals surface area contributed by atoms with Crippen LogP contribution in [0.4, 0.5) is 5.69 Å². The van der Waals surface area contributed by atoms with Crippen molar-refractivity contribution in [2.45, 2.75) is 25.0 Å². The maximum Gasteiger partial charge on any atom is 0.234 e. The van der Waals surface area contributed by atoms with Crippen LogP contribution in [0, 0.1) is 6.92 Å². The summed E-state index contributed by atoms with van der Waals surface area (Å²) in [6, 6.07) is 16.6. The summed E-state index contributed by atoms with van der Waals surface area (Å²) < 4.78 is 6.22. The maximum atomic E-state index is 12.7. The molecule has 0 radical (unpaired) electrons. The molecule has 0 saturated heterocycles. The van der Waals surface area contributed by atoms with Gasteiger partial charge in [0.15, 0.2) is 11.6 Å². The van der Waals surface area contributed by atoms with Crippen molar-refractivity contribution in [2.75, 3.05) is 11.1 Å². The number of aromatic nitrogens is 3. The summed E-state index contributed by atoms with van der Waals surface area (Å²) in [6.45, 7) is 1.71. The van der Waals surface area contributed by atoms with Gasteiger partial charge in [0.25, 0.3) is 0 Å². The van der Waals surface area contributed by atoms with E-state index in [1.165, 1.54) is 11.8 Å². The van der Waals surface area contributed by atoms with Crippen molar-refractivity contribution in [2.24, 2.45) is 0 Å². The Morgan fingerprint density at radius 1 is 1.14 bits per heavy atom. The summed E-state index contributed by atoms with van der Waals surface area (Å²) in [7, 11) is 0. The number of ether oxygens (including phenoxy) is 1. The summed E-state index contributed by atoms with van der Waals surface area (Å²) in [4.78, 5) is 26.5. The van der Waals surface area contributed by atoms with Crippen molar-refractivity contribution in [3.63, 3.8) is 0 Å². The average molecular weight is 505 g/mol. The number of rotatable bonds is 6. The molecule has 7 nitrogen and oxygen atoms in total. The van der Waals surface area contributed by atoms with E-state index < -0.39 is 0 Å². The van der Waals surface area contributed by atoms with Crippen LogP contribution in [0.3, 0.4) is 0 Å². The summed E-state index contributed by atoms with van der Waals surface area (Å²) >= 11 is 7.34. The Morgan fingerprint density at radius 3 is 2.74 bits per heavy atom. The number of carbonyl (C=O) groups is 1.